The van der Waals surface area contributed by atoms with E-state index in [9.17, 15) is 0 Å². The Hall–Kier alpha value is -0.560. The molecule has 0 heterocycles. The van der Waals surface area contributed by atoms with E-state index in [1.54, 1.807) is 6.08 Å². The van der Waals surface area contributed by atoms with Gasteiger partial charge in [0.05, 0.1) is 6.10 Å². The molecular weight excluding hydrogens is 112 g/mol. The Bertz CT molecular complexity index is 103. The van der Waals surface area contributed by atoms with Crippen molar-refractivity contribution in [2.24, 2.45) is 0 Å². The van der Waals surface area contributed by atoms with Crippen molar-refractivity contribution in [1.82, 2.24) is 0 Å². The van der Waals surface area contributed by atoms with Gasteiger partial charge in [0.15, 0.2) is 0 Å². The predicted octanol–water partition coefficient (Wildman–Crippen LogP) is 1.89. The molecule has 0 fully saturated rings. The largest absolute Gasteiger partial charge is 0.389 e. The third-order valence-corrected chi connectivity index (χ3v) is 1.06. The van der Waals surface area contributed by atoms with Crippen LogP contribution in [0.1, 0.15) is 20.3 Å². The molecule has 0 aromatic rings. The maximum atomic E-state index is 8.96. The van der Waals surface area contributed by atoms with Crippen LogP contribution in [0.5, 0.6) is 0 Å². The molecule has 0 amide bonds. The van der Waals surface area contributed by atoms with Crippen LogP contribution < -0.4 is 0 Å². The average Bonchev–Trinajstić information content (AvgIpc) is 1.89. The Kier molecular flexibility index (Phi) is 5.23. The lowest BCUT2D eigenvalue weighted by Crippen LogP contribution is -1.97. The number of aliphatic hydroxyl groups excluding tert-OH is 1. The van der Waals surface area contributed by atoms with Crippen molar-refractivity contribution in [2.45, 2.75) is 26.4 Å². The highest BCUT2D eigenvalue weighted by Crippen LogP contribution is 1.91. The molecule has 0 bridgehead atoms. The minimum absolute atomic E-state index is 0.277. The quantitative estimate of drug-likeness (QED) is 0.572. The first kappa shape index (κ1) is 8.44. The van der Waals surface area contributed by atoms with Gasteiger partial charge in [0.1, 0.15) is 0 Å². The van der Waals surface area contributed by atoms with E-state index < -0.39 is 0 Å². The molecule has 0 aliphatic rings. The van der Waals surface area contributed by atoms with E-state index in [2.05, 4.69) is 0 Å². The van der Waals surface area contributed by atoms with Gasteiger partial charge < -0.3 is 5.11 Å². The van der Waals surface area contributed by atoms with Gasteiger partial charge in [0.25, 0.3) is 0 Å². The Labute approximate surface area is 56.7 Å². The Morgan fingerprint density at radius 2 is 2.11 bits per heavy atom. The summed E-state index contributed by atoms with van der Waals surface area (Å²) in [5, 5.41) is 8.96. The number of hydrogen-bond donors (Lipinski definition) is 1. The van der Waals surface area contributed by atoms with Gasteiger partial charge in [-0.05, 0) is 13.3 Å². The summed E-state index contributed by atoms with van der Waals surface area (Å²) in [6.07, 6.45) is 7.97. The molecule has 1 N–H and O–H groups in total. The number of allylic oxidation sites excluding steroid dienone is 3. The van der Waals surface area contributed by atoms with Crippen molar-refractivity contribution in [3.05, 3.63) is 24.3 Å². The first-order valence-electron chi connectivity index (χ1n) is 3.28. The fourth-order valence-electron chi connectivity index (χ4n) is 0.440. The summed E-state index contributed by atoms with van der Waals surface area (Å²) in [4.78, 5) is 0. The van der Waals surface area contributed by atoms with Crippen molar-refractivity contribution < 1.29 is 5.11 Å². The lowest BCUT2D eigenvalue weighted by atomic mass is 10.2. The normalized spacial score (nSPS) is 15.4. The zero-order valence-corrected chi connectivity index (χ0v) is 6.04. The van der Waals surface area contributed by atoms with Gasteiger partial charge in [-0.25, -0.2) is 0 Å². The first-order valence-corrected chi connectivity index (χ1v) is 3.28. The predicted molar refractivity (Wildman–Crippen MR) is 40.3 cm³/mol. The molecule has 0 unspecified atom stereocenters. The molecule has 0 saturated heterocycles. The van der Waals surface area contributed by atoms with E-state index in [1.807, 2.05) is 32.1 Å². The zero-order valence-electron chi connectivity index (χ0n) is 6.04. The Balaban J connectivity index is 3.43. The van der Waals surface area contributed by atoms with Crippen LogP contribution in [0.25, 0.3) is 0 Å². The van der Waals surface area contributed by atoms with Crippen LogP contribution in [0.4, 0.5) is 0 Å². The fraction of sp³-hybridized carbons (Fsp3) is 0.500. The monoisotopic (exact) mass is 126 g/mol. The molecule has 1 heteroatoms. The molecule has 1 nitrogen and oxygen atoms in total. The van der Waals surface area contributed by atoms with Gasteiger partial charge in [0, 0.05) is 0 Å². The minimum Gasteiger partial charge on any atom is -0.389 e. The van der Waals surface area contributed by atoms with Gasteiger partial charge in [0.2, 0.25) is 0 Å². The third-order valence-electron chi connectivity index (χ3n) is 1.06. The van der Waals surface area contributed by atoms with E-state index in [-0.39, 0.29) is 6.10 Å². The first-order chi connectivity index (χ1) is 4.31. The number of hydrogen-bond acceptors (Lipinski definition) is 1. The summed E-state index contributed by atoms with van der Waals surface area (Å²) < 4.78 is 0. The molecule has 9 heavy (non-hydrogen) atoms. The van der Waals surface area contributed by atoms with Crippen LogP contribution in [0, 0.1) is 0 Å². The lowest BCUT2D eigenvalue weighted by Gasteiger charge is -1.95. The molecule has 0 spiro atoms. The van der Waals surface area contributed by atoms with Crippen molar-refractivity contribution in [1.29, 1.82) is 0 Å². The second-order valence-electron chi connectivity index (χ2n) is 1.89. The second-order valence-corrected chi connectivity index (χ2v) is 1.89. The van der Waals surface area contributed by atoms with Crippen molar-refractivity contribution in [2.75, 3.05) is 0 Å². The van der Waals surface area contributed by atoms with Gasteiger partial charge in [-0.15, -0.1) is 0 Å². The van der Waals surface area contributed by atoms with Crippen molar-refractivity contribution in [3.63, 3.8) is 0 Å². The maximum Gasteiger partial charge on any atom is 0.0721 e. The maximum absolute atomic E-state index is 8.96. The minimum atomic E-state index is -0.277. The molecule has 52 valence electrons. The van der Waals surface area contributed by atoms with Crippen LogP contribution in [-0.4, -0.2) is 11.2 Å². The molecule has 0 saturated carbocycles. The third kappa shape index (κ3) is 5.31. The van der Waals surface area contributed by atoms with E-state index in [1.165, 1.54) is 0 Å². The SMILES string of the molecule is C/C=C\C=C\[C@H](O)CC. The van der Waals surface area contributed by atoms with Gasteiger partial charge in [-0.1, -0.05) is 31.2 Å². The van der Waals surface area contributed by atoms with E-state index in [0.29, 0.717) is 0 Å². The van der Waals surface area contributed by atoms with Crippen LogP contribution >= 0.6 is 0 Å². The summed E-state index contributed by atoms with van der Waals surface area (Å²) in [7, 11) is 0. The van der Waals surface area contributed by atoms with E-state index in [4.69, 9.17) is 5.11 Å². The smallest absolute Gasteiger partial charge is 0.0721 e. The lowest BCUT2D eigenvalue weighted by molar-refractivity contribution is 0.219. The molecule has 0 rings (SSSR count). The highest BCUT2D eigenvalue weighted by molar-refractivity contribution is 5.03. The molecule has 1 atom stereocenters. The molecule has 0 aliphatic heterocycles. The van der Waals surface area contributed by atoms with Crippen LogP contribution in [0.3, 0.4) is 0 Å². The van der Waals surface area contributed by atoms with Gasteiger partial charge in [-0.2, -0.15) is 0 Å². The topological polar surface area (TPSA) is 20.2 Å². The standard InChI is InChI=1S/C8H14O/c1-3-5-6-7-8(9)4-2/h3,5-9H,4H2,1-2H3/b5-3-,7-6+/t8-/m1/s1. The molecule has 0 aliphatic carbocycles. The van der Waals surface area contributed by atoms with E-state index >= 15 is 0 Å². The Morgan fingerprint density at radius 1 is 1.44 bits per heavy atom. The zero-order chi connectivity index (χ0) is 7.11. The van der Waals surface area contributed by atoms with Gasteiger partial charge >= 0.3 is 0 Å². The van der Waals surface area contributed by atoms with Crippen molar-refractivity contribution >= 4 is 0 Å². The average molecular weight is 126 g/mol. The summed E-state index contributed by atoms with van der Waals surface area (Å²) >= 11 is 0. The summed E-state index contributed by atoms with van der Waals surface area (Å²) in [5.74, 6) is 0. The highest BCUT2D eigenvalue weighted by atomic mass is 16.3. The highest BCUT2D eigenvalue weighted by Gasteiger charge is 1.88. The molecule has 0 aromatic carbocycles. The van der Waals surface area contributed by atoms with E-state index in [0.717, 1.165) is 6.42 Å². The summed E-state index contributed by atoms with van der Waals surface area (Å²) in [6, 6.07) is 0. The Morgan fingerprint density at radius 3 is 2.56 bits per heavy atom. The summed E-state index contributed by atoms with van der Waals surface area (Å²) in [5.41, 5.74) is 0. The van der Waals surface area contributed by atoms with Crippen LogP contribution in [-0.2, 0) is 0 Å². The number of rotatable bonds is 3. The van der Waals surface area contributed by atoms with Crippen LogP contribution in [0.2, 0.25) is 0 Å². The number of aliphatic hydroxyl groups is 1. The van der Waals surface area contributed by atoms with Crippen molar-refractivity contribution in [3.8, 4) is 0 Å². The molecule has 0 radical (unpaired) electrons. The fourth-order valence-corrected chi connectivity index (χ4v) is 0.440. The molecule has 0 aromatic heterocycles. The second kappa shape index (κ2) is 5.57. The summed E-state index contributed by atoms with van der Waals surface area (Å²) in [6.45, 7) is 3.90. The molecular formula is C8H14O. The van der Waals surface area contributed by atoms with Gasteiger partial charge in [-0.3, -0.25) is 0 Å². The van der Waals surface area contributed by atoms with Crippen LogP contribution in [0.15, 0.2) is 24.3 Å².